The minimum atomic E-state index is -3.72. The predicted molar refractivity (Wildman–Crippen MR) is 114 cm³/mol. The van der Waals surface area contributed by atoms with Crippen LogP contribution in [-0.4, -0.2) is 34.4 Å². The number of sulfonamides is 1. The van der Waals surface area contributed by atoms with Crippen LogP contribution in [0.25, 0.3) is 0 Å². The normalized spacial score (nSPS) is 15.2. The Morgan fingerprint density at radius 1 is 1.13 bits per heavy atom. The molecule has 0 fully saturated rings. The van der Waals surface area contributed by atoms with E-state index in [4.69, 9.17) is 9.47 Å². The molecule has 3 rings (SSSR count). The van der Waals surface area contributed by atoms with Gasteiger partial charge in [-0.25, -0.2) is 0 Å². The van der Waals surface area contributed by atoms with Crippen molar-refractivity contribution in [2.45, 2.75) is 31.2 Å². The van der Waals surface area contributed by atoms with Crippen molar-refractivity contribution in [2.75, 3.05) is 19.5 Å². The van der Waals surface area contributed by atoms with E-state index < -0.39 is 10.0 Å². The Hall–Kier alpha value is -3.07. The van der Waals surface area contributed by atoms with Gasteiger partial charge in [-0.05, 0) is 35.7 Å². The van der Waals surface area contributed by atoms with Gasteiger partial charge in [0.1, 0.15) is 10.7 Å². The van der Waals surface area contributed by atoms with E-state index in [1.165, 1.54) is 6.07 Å². The lowest BCUT2D eigenvalue weighted by molar-refractivity contribution is -0.122. The second-order valence-electron chi connectivity index (χ2n) is 7.11. The molecule has 0 saturated heterocycles. The van der Waals surface area contributed by atoms with Gasteiger partial charge >= 0.3 is 0 Å². The van der Waals surface area contributed by atoms with Gasteiger partial charge < -0.3 is 20.1 Å². The summed E-state index contributed by atoms with van der Waals surface area (Å²) in [5, 5.41) is 5.93. The molecule has 30 heavy (non-hydrogen) atoms. The van der Waals surface area contributed by atoms with Gasteiger partial charge in [0.2, 0.25) is 5.91 Å². The average Bonchev–Trinajstić information content (AvgIpc) is 2.71. The lowest BCUT2D eigenvalue weighted by Gasteiger charge is -2.20. The number of anilines is 1. The molecule has 2 aromatic carbocycles. The van der Waals surface area contributed by atoms with Gasteiger partial charge in [0.05, 0.1) is 19.9 Å². The maximum Gasteiger partial charge on any atom is 0.286 e. The molecule has 2 aromatic rings. The van der Waals surface area contributed by atoms with Crippen LogP contribution in [0.5, 0.6) is 11.5 Å². The second-order valence-corrected chi connectivity index (χ2v) is 8.69. The summed E-state index contributed by atoms with van der Waals surface area (Å²) in [6, 6.07) is 12.1. The van der Waals surface area contributed by atoms with Gasteiger partial charge in [-0.2, -0.15) is 8.42 Å². The molecule has 1 atom stereocenters. The maximum absolute atomic E-state index is 12.3. The number of nitrogens with zero attached hydrogens (tertiary/aromatic N) is 1. The van der Waals surface area contributed by atoms with Crippen LogP contribution in [0.2, 0.25) is 0 Å². The van der Waals surface area contributed by atoms with Crippen LogP contribution in [0.3, 0.4) is 0 Å². The topological polar surface area (TPSA) is 106 Å². The lowest BCUT2D eigenvalue weighted by atomic mass is 10.0. The fourth-order valence-electron chi connectivity index (χ4n) is 3.24. The van der Waals surface area contributed by atoms with Gasteiger partial charge in [-0.3, -0.25) is 4.79 Å². The smallest absolute Gasteiger partial charge is 0.286 e. The van der Waals surface area contributed by atoms with Gasteiger partial charge in [0.15, 0.2) is 11.5 Å². The number of para-hydroxylation sites is 1. The number of nitrogens with one attached hydrogen (secondary N) is 2. The Morgan fingerprint density at radius 2 is 1.87 bits per heavy atom. The highest BCUT2D eigenvalue weighted by Gasteiger charge is 2.25. The molecule has 0 aliphatic carbocycles. The van der Waals surface area contributed by atoms with Crippen LogP contribution in [0, 0.1) is 5.92 Å². The third kappa shape index (κ3) is 5.10. The van der Waals surface area contributed by atoms with Gasteiger partial charge in [-0.1, -0.05) is 25.1 Å². The third-order valence-electron chi connectivity index (χ3n) is 4.69. The molecule has 0 saturated carbocycles. The zero-order valence-electron chi connectivity index (χ0n) is 17.1. The van der Waals surface area contributed by atoms with Crippen molar-refractivity contribution in [1.29, 1.82) is 0 Å². The standard InChI is InChI=1S/C21H25N3O5S/c1-14(10-20-23-16-6-4-5-7-19(16)30(26,27)24-20)11-21(25)22-13-15-8-9-17(28-2)18(12-15)29-3/h4-9,12,14H,10-11,13H2,1-3H3,(H,22,25)(H,23,24). The lowest BCUT2D eigenvalue weighted by Crippen LogP contribution is -2.27. The van der Waals surface area contributed by atoms with Crippen molar-refractivity contribution >= 4 is 27.5 Å². The predicted octanol–water partition coefficient (Wildman–Crippen LogP) is 2.95. The third-order valence-corrected chi connectivity index (χ3v) is 6.06. The number of carbonyl (C=O) groups is 1. The number of fused-ring (bicyclic) bond motifs is 1. The number of amides is 1. The number of methoxy groups -OCH3 is 2. The second kappa shape index (κ2) is 9.17. The van der Waals surface area contributed by atoms with Crippen LogP contribution in [0.4, 0.5) is 5.69 Å². The van der Waals surface area contributed by atoms with Crippen molar-refractivity contribution < 1.29 is 22.7 Å². The highest BCUT2D eigenvalue weighted by molar-refractivity contribution is 7.90. The highest BCUT2D eigenvalue weighted by atomic mass is 32.2. The summed E-state index contributed by atoms with van der Waals surface area (Å²) >= 11 is 0. The van der Waals surface area contributed by atoms with Crippen molar-refractivity contribution in [1.82, 2.24) is 5.32 Å². The summed E-state index contributed by atoms with van der Waals surface area (Å²) < 4.78 is 39.0. The van der Waals surface area contributed by atoms with Crippen molar-refractivity contribution in [2.24, 2.45) is 10.3 Å². The Kier molecular flexibility index (Phi) is 6.61. The van der Waals surface area contributed by atoms with E-state index in [1.54, 1.807) is 38.5 Å². The van der Waals surface area contributed by atoms with Gasteiger partial charge in [-0.15, -0.1) is 4.40 Å². The summed E-state index contributed by atoms with van der Waals surface area (Å²) in [6.07, 6.45) is 0.590. The van der Waals surface area contributed by atoms with E-state index in [1.807, 2.05) is 19.1 Å². The molecule has 0 radical (unpaired) electrons. The van der Waals surface area contributed by atoms with E-state index in [2.05, 4.69) is 15.0 Å². The summed E-state index contributed by atoms with van der Waals surface area (Å²) in [5.41, 5.74) is 1.39. The van der Waals surface area contributed by atoms with E-state index in [9.17, 15) is 13.2 Å². The zero-order chi connectivity index (χ0) is 21.7. The summed E-state index contributed by atoms with van der Waals surface area (Å²) in [7, 11) is -0.598. The number of rotatable bonds is 8. The molecule has 1 heterocycles. The van der Waals surface area contributed by atoms with Crippen LogP contribution in [-0.2, 0) is 21.4 Å². The van der Waals surface area contributed by atoms with Crippen molar-refractivity contribution in [3.8, 4) is 11.5 Å². The average molecular weight is 432 g/mol. The Bertz CT molecular complexity index is 1070. The van der Waals surface area contributed by atoms with Crippen LogP contribution in [0.15, 0.2) is 51.8 Å². The van der Waals surface area contributed by atoms with Crippen LogP contribution >= 0.6 is 0 Å². The molecule has 1 unspecified atom stereocenters. The SMILES string of the molecule is COc1ccc(CNC(=O)CC(C)CC2=NS(=O)(=O)c3ccccc3N2)cc1OC. The number of hydrogen-bond acceptors (Lipinski definition) is 6. The Balaban J connectivity index is 1.55. The molecular formula is C21H25N3O5S. The molecule has 2 N–H and O–H groups in total. The molecule has 0 spiro atoms. The molecule has 0 aromatic heterocycles. The minimum Gasteiger partial charge on any atom is -0.493 e. The van der Waals surface area contributed by atoms with E-state index in [0.717, 1.165) is 5.56 Å². The first-order valence-corrected chi connectivity index (χ1v) is 10.9. The summed E-state index contributed by atoms with van der Waals surface area (Å²) in [4.78, 5) is 12.5. The first-order chi connectivity index (χ1) is 14.3. The van der Waals surface area contributed by atoms with E-state index >= 15 is 0 Å². The summed E-state index contributed by atoms with van der Waals surface area (Å²) in [5.74, 6) is 1.34. The largest absolute Gasteiger partial charge is 0.493 e. The van der Waals surface area contributed by atoms with Crippen LogP contribution < -0.4 is 20.1 Å². The number of carbonyl (C=O) groups excluding carboxylic acids is 1. The molecule has 9 heteroatoms. The highest BCUT2D eigenvalue weighted by Crippen LogP contribution is 2.29. The van der Waals surface area contributed by atoms with Gasteiger partial charge in [0, 0.05) is 19.4 Å². The number of benzene rings is 2. The molecular weight excluding hydrogens is 406 g/mol. The fourth-order valence-corrected chi connectivity index (χ4v) is 4.39. The zero-order valence-corrected chi connectivity index (χ0v) is 18.0. The summed E-state index contributed by atoms with van der Waals surface area (Å²) in [6.45, 7) is 2.24. The van der Waals surface area contributed by atoms with E-state index in [0.29, 0.717) is 36.0 Å². The quantitative estimate of drug-likeness (QED) is 0.666. The molecule has 1 amide bonds. The Labute approximate surface area is 176 Å². The Morgan fingerprint density at radius 3 is 2.60 bits per heavy atom. The monoisotopic (exact) mass is 431 g/mol. The number of ether oxygens (including phenoxy) is 2. The minimum absolute atomic E-state index is 0.0953. The van der Waals surface area contributed by atoms with Gasteiger partial charge in [0.25, 0.3) is 10.0 Å². The van der Waals surface area contributed by atoms with E-state index in [-0.39, 0.29) is 23.1 Å². The molecule has 1 aliphatic rings. The molecule has 0 bridgehead atoms. The van der Waals surface area contributed by atoms with Crippen LogP contribution in [0.1, 0.15) is 25.3 Å². The maximum atomic E-state index is 12.3. The fraction of sp³-hybridized carbons (Fsp3) is 0.333. The first kappa shape index (κ1) is 21.6. The van der Waals surface area contributed by atoms with Crippen molar-refractivity contribution in [3.05, 3.63) is 48.0 Å². The number of hydrogen-bond donors (Lipinski definition) is 2. The first-order valence-electron chi connectivity index (χ1n) is 9.50. The molecule has 1 aliphatic heterocycles. The van der Waals surface area contributed by atoms with Crippen molar-refractivity contribution in [3.63, 3.8) is 0 Å². The molecule has 160 valence electrons. The number of amidine groups is 1. The molecule has 8 nitrogen and oxygen atoms in total.